The molecule has 23 heavy (non-hydrogen) atoms. The number of ether oxygens (including phenoxy) is 1. The molecular weight excluding hydrogens is 333 g/mol. The molecule has 0 aromatic heterocycles. The van der Waals surface area contributed by atoms with E-state index in [0.29, 0.717) is 27.4 Å². The quantitative estimate of drug-likeness (QED) is 0.743. The number of amides is 1. The van der Waals surface area contributed by atoms with E-state index in [1.165, 1.54) is 5.56 Å². The Morgan fingerprint density at radius 3 is 2.52 bits per heavy atom. The van der Waals surface area contributed by atoms with Gasteiger partial charge < -0.3 is 10.1 Å². The molecule has 0 spiro atoms. The largest absolute Gasteiger partial charge is 0.484 e. The minimum absolute atomic E-state index is 0.0917. The first-order valence-corrected chi connectivity index (χ1v) is 8.23. The molecule has 0 aliphatic rings. The summed E-state index contributed by atoms with van der Waals surface area (Å²) in [6.07, 6.45) is 1.09. The summed E-state index contributed by atoms with van der Waals surface area (Å²) in [5.74, 6) is 0.877. The lowest BCUT2D eigenvalue weighted by atomic mass is 9.99. The van der Waals surface area contributed by atoms with Crippen LogP contribution in [0.1, 0.15) is 31.7 Å². The summed E-state index contributed by atoms with van der Waals surface area (Å²) in [7, 11) is 0. The normalized spacial score (nSPS) is 11.8. The Hall–Kier alpha value is -1.71. The van der Waals surface area contributed by atoms with Crippen LogP contribution >= 0.6 is 23.2 Å². The third-order valence-electron chi connectivity index (χ3n) is 3.66. The molecule has 0 saturated heterocycles. The number of hydrogen-bond donors (Lipinski definition) is 1. The van der Waals surface area contributed by atoms with Crippen molar-refractivity contribution in [1.29, 1.82) is 0 Å². The van der Waals surface area contributed by atoms with Gasteiger partial charge in [0.05, 0.1) is 15.7 Å². The van der Waals surface area contributed by atoms with E-state index >= 15 is 0 Å². The maximum atomic E-state index is 11.9. The molecule has 2 aromatic rings. The summed E-state index contributed by atoms with van der Waals surface area (Å²) >= 11 is 11.9. The summed E-state index contributed by atoms with van der Waals surface area (Å²) in [5.41, 5.74) is 1.73. The molecule has 0 unspecified atom stereocenters. The number of halogens is 2. The summed E-state index contributed by atoms with van der Waals surface area (Å²) in [4.78, 5) is 11.9. The van der Waals surface area contributed by atoms with Crippen molar-refractivity contribution in [2.45, 2.75) is 26.2 Å². The fraction of sp³-hybridized carbons (Fsp3) is 0.278. The number of carbonyl (C=O) groups is 1. The van der Waals surface area contributed by atoms with Crippen LogP contribution in [-0.4, -0.2) is 12.5 Å². The van der Waals surface area contributed by atoms with E-state index in [0.717, 1.165) is 6.42 Å². The summed E-state index contributed by atoms with van der Waals surface area (Å²) in [6, 6.07) is 12.9. The average Bonchev–Trinajstić information content (AvgIpc) is 2.57. The summed E-state index contributed by atoms with van der Waals surface area (Å²) < 4.78 is 5.49. The zero-order chi connectivity index (χ0) is 16.8. The Kier molecular flexibility index (Phi) is 6.31. The molecule has 2 aromatic carbocycles. The second-order valence-corrected chi connectivity index (χ2v) is 6.10. The summed E-state index contributed by atoms with van der Waals surface area (Å²) in [5, 5.41) is 3.39. The van der Waals surface area contributed by atoms with Crippen LogP contribution in [0.5, 0.6) is 5.75 Å². The Morgan fingerprint density at radius 1 is 1.17 bits per heavy atom. The molecule has 0 fully saturated rings. The van der Waals surface area contributed by atoms with E-state index < -0.39 is 0 Å². The van der Waals surface area contributed by atoms with Gasteiger partial charge in [0.15, 0.2) is 6.61 Å². The standard InChI is InChI=1S/C18H19Cl2NO2/c1-3-12(2)13-7-9-14(10-8-13)23-11-17(22)21-16-6-4-5-15(19)18(16)20/h4-10,12H,3,11H2,1-2H3,(H,21,22)/t12-/m0/s1. The van der Waals surface area contributed by atoms with Gasteiger partial charge in [-0.1, -0.05) is 55.2 Å². The van der Waals surface area contributed by atoms with Gasteiger partial charge in [0.25, 0.3) is 5.91 Å². The highest BCUT2D eigenvalue weighted by Gasteiger charge is 2.09. The monoisotopic (exact) mass is 351 g/mol. The van der Waals surface area contributed by atoms with E-state index in [4.69, 9.17) is 27.9 Å². The van der Waals surface area contributed by atoms with Gasteiger partial charge in [-0.25, -0.2) is 0 Å². The molecule has 2 rings (SSSR count). The van der Waals surface area contributed by atoms with Crippen LogP contribution in [0, 0.1) is 0 Å². The van der Waals surface area contributed by atoms with Gasteiger partial charge in [0, 0.05) is 0 Å². The van der Waals surface area contributed by atoms with Gasteiger partial charge in [0.2, 0.25) is 0 Å². The van der Waals surface area contributed by atoms with Crippen molar-refractivity contribution in [3.8, 4) is 5.75 Å². The van der Waals surface area contributed by atoms with Crippen LogP contribution in [0.3, 0.4) is 0 Å². The predicted molar refractivity (Wildman–Crippen MR) is 95.7 cm³/mol. The predicted octanol–water partition coefficient (Wildman–Crippen LogP) is 5.52. The highest BCUT2D eigenvalue weighted by atomic mass is 35.5. The lowest BCUT2D eigenvalue weighted by molar-refractivity contribution is -0.118. The van der Waals surface area contributed by atoms with E-state index in [9.17, 15) is 4.79 Å². The molecule has 0 heterocycles. The average molecular weight is 352 g/mol. The van der Waals surface area contributed by atoms with Crippen molar-refractivity contribution < 1.29 is 9.53 Å². The van der Waals surface area contributed by atoms with Gasteiger partial charge in [0.1, 0.15) is 5.75 Å². The number of anilines is 1. The Morgan fingerprint density at radius 2 is 1.87 bits per heavy atom. The highest BCUT2D eigenvalue weighted by molar-refractivity contribution is 6.43. The number of nitrogens with one attached hydrogen (secondary N) is 1. The van der Waals surface area contributed by atoms with Crippen molar-refractivity contribution in [3.05, 3.63) is 58.1 Å². The van der Waals surface area contributed by atoms with Crippen LogP contribution in [0.2, 0.25) is 10.0 Å². The van der Waals surface area contributed by atoms with E-state index in [1.807, 2.05) is 24.3 Å². The molecule has 0 aliphatic carbocycles. The maximum absolute atomic E-state index is 11.9. The molecule has 0 aliphatic heterocycles. The fourth-order valence-electron chi connectivity index (χ4n) is 2.06. The van der Waals surface area contributed by atoms with Crippen LogP contribution < -0.4 is 10.1 Å². The van der Waals surface area contributed by atoms with E-state index in [-0.39, 0.29) is 12.5 Å². The molecule has 5 heteroatoms. The lowest BCUT2D eigenvalue weighted by Crippen LogP contribution is -2.20. The SMILES string of the molecule is CC[C@H](C)c1ccc(OCC(=O)Nc2cccc(Cl)c2Cl)cc1. The molecule has 3 nitrogen and oxygen atoms in total. The molecule has 0 radical (unpaired) electrons. The van der Waals surface area contributed by atoms with Crippen molar-refractivity contribution in [3.63, 3.8) is 0 Å². The second-order valence-electron chi connectivity index (χ2n) is 5.32. The van der Waals surface area contributed by atoms with Gasteiger partial charge >= 0.3 is 0 Å². The van der Waals surface area contributed by atoms with Crippen molar-refractivity contribution in [1.82, 2.24) is 0 Å². The Labute approximate surface area is 146 Å². The smallest absolute Gasteiger partial charge is 0.262 e. The van der Waals surface area contributed by atoms with Crippen molar-refractivity contribution in [2.75, 3.05) is 11.9 Å². The first-order chi connectivity index (χ1) is 11.0. The lowest BCUT2D eigenvalue weighted by Gasteiger charge is -2.11. The first kappa shape index (κ1) is 17.6. The zero-order valence-electron chi connectivity index (χ0n) is 13.1. The number of rotatable bonds is 6. The van der Waals surface area contributed by atoms with Crippen LogP contribution in [0.15, 0.2) is 42.5 Å². The minimum Gasteiger partial charge on any atom is -0.484 e. The molecule has 1 atom stereocenters. The second kappa shape index (κ2) is 8.23. The van der Waals surface area contributed by atoms with Gasteiger partial charge in [-0.05, 0) is 42.2 Å². The highest BCUT2D eigenvalue weighted by Crippen LogP contribution is 2.29. The molecular formula is C18H19Cl2NO2. The number of carbonyl (C=O) groups excluding carboxylic acids is 1. The molecule has 0 bridgehead atoms. The minimum atomic E-state index is -0.292. The Bertz CT molecular complexity index is 671. The topological polar surface area (TPSA) is 38.3 Å². The molecule has 122 valence electrons. The van der Waals surface area contributed by atoms with Gasteiger partial charge in [-0.2, -0.15) is 0 Å². The van der Waals surface area contributed by atoms with Crippen molar-refractivity contribution in [2.24, 2.45) is 0 Å². The van der Waals surface area contributed by atoms with Crippen LogP contribution in [0.4, 0.5) is 5.69 Å². The Balaban J connectivity index is 1.90. The third-order valence-corrected chi connectivity index (χ3v) is 4.48. The molecule has 0 saturated carbocycles. The molecule has 1 N–H and O–H groups in total. The van der Waals surface area contributed by atoms with Gasteiger partial charge in [-0.15, -0.1) is 0 Å². The maximum Gasteiger partial charge on any atom is 0.262 e. The van der Waals surface area contributed by atoms with E-state index in [2.05, 4.69) is 19.2 Å². The summed E-state index contributed by atoms with van der Waals surface area (Å²) in [6.45, 7) is 4.24. The van der Waals surface area contributed by atoms with E-state index in [1.54, 1.807) is 18.2 Å². The zero-order valence-corrected chi connectivity index (χ0v) is 14.6. The third kappa shape index (κ3) is 4.88. The number of hydrogen-bond acceptors (Lipinski definition) is 2. The van der Waals surface area contributed by atoms with Crippen LogP contribution in [-0.2, 0) is 4.79 Å². The van der Waals surface area contributed by atoms with Gasteiger partial charge in [-0.3, -0.25) is 4.79 Å². The fourth-order valence-corrected chi connectivity index (χ4v) is 2.41. The first-order valence-electron chi connectivity index (χ1n) is 7.48. The molecule has 1 amide bonds. The van der Waals surface area contributed by atoms with Crippen LogP contribution in [0.25, 0.3) is 0 Å². The number of benzene rings is 2. The van der Waals surface area contributed by atoms with Crippen molar-refractivity contribution >= 4 is 34.8 Å².